The molecule has 0 radical (unpaired) electrons. The fourth-order valence-corrected chi connectivity index (χ4v) is 3.32. The first-order valence-corrected chi connectivity index (χ1v) is 8.92. The summed E-state index contributed by atoms with van der Waals surface area (Å²) in [6.45, 7) is 1.26. The molecule has 1 aliphatic rings. The second-order valence-corrected chi connectivity index (χ2v) is 6.85. The number of carbonyl (C=O) groups excluding carboxylic acids is 1. The molecule has 1 aromatic carbocycles. The third-order valence-corrected chi connectivity index (χ3v) is 4.80. The first-order chi connectivity index (χ1) is 12.5. The summed E-state index contributed by atoms with van der Waals surface area (Å²) in [5.41, 5.74) is 1.63. The molecule has 1 aliphatic heterocycles. The van der Waals surface area contributed by atoms with E-state index >= 15 is 0 Å². The Balaban J connectivity index is 1.87. The number of anilines is 2. The molecular formula is C18H15Cl2N5O. The molecule has 0 bridgehead atoms. The van der Waals surface area contributed by atoms with Crippen LogP contribution in [0.3, 0.4) is 0 Å². The van der Waals surface area contributed by atoms with Gasteiger partial charge in [-0.15, -0.1) is 0 Å². The minimum absolute atomic E-state index is 0.115. The SMILES string of the molecule is CN1CCCN(C(=O)c2nc(Cl)ccc2Cl)c2nc3ccccc3nc21. The van der Waals surface area contributed by atoms with Crippen LogP contribution >= 0.6 is 23.2 Å². The summed E-state index contributed by atoms with van der Waals surface area (Å²) in [6.07, 6.45) is 0.773. The Morgan fingerprint density at radius 2 is 1.65 bits per heavy atom. The van der Waals surface area contributed by atoms with E-state index < -0.39 is 0 Å². The number of nitrogens with zero attached hydrogens (tertiary/aromatic N) is 5. The summed E-state index contributed by atoms with van der Waals surface area (Å²) in [7, 11) is 1.95. The highest BCUT2D eigenvalue weighted by molar-refractivity contribution is 6.35. The summed E-state index contributed by atoms with van der Waals surface area (Å²) < 4.78 is 0. The van der Waals surface area contributed by atoms with Gasteiger partial charge in [0.25, 0.3) is 5.91 Å². The van der Waals surface area contributed by atoms with Crippen molar-refractivity contribution >= 4 is 51.8 Å². The Kier molecular flexibility index (Phi) is 4.38. The minimum Gasteiger partial charge on any atom is -0.357 e. The number of fused-ring (bicyclic) bond motifs is 2. The molecule has 132 valence electrons. The monoisotopic (exact) mass is 387 g/mol. The Labute approximate surface area is 160 Å². The topological polar surface area (TPSA) is 62.2 Å². The van der Waals surface area contributed by atoms with Crippen molar-refractivity contribution in [3.63, 3.8) is 0 Å². The molecule has 0 unspecified atom stereocenters. The number of para-hydroxylation sites is 2. The molecule has 26 heavy (non-hydrogen) atoms. The molecule has 3 heterocycles. The molecule has 0 fully saturated rings. The zero-order valence-corrected chi connectivity index (χ0v) is 15.5. The van der Waals surface area contributed by atoms with Gasteiger partial charge in [-0.05, 0) is 30.7 Å². The highest BCUT2D eigenvalue weighted by Crippen LogP contribution is 2.32. The maximum Gasteiger partial charge on any atom is 0.279 e. The molecule has 2 aromatic heterocycles. The van der Waals surface area contributed by atoms with Crippen molar-refractivity contribution in [2.24, 2.45) is 0 Å². The Morgan fingerprint density at radius 3 is 2.38 bits per heavy atom. The number of benzene rings is 1. The van der Waals surface area contributed by atoms with Crippen molar-refractivity contribution in [1.29, 1.82) is 0 Å². The van der Waals surface area contributed by atoms with Gasteiger partial charge in [-0.1, -0.05) is 35.3 Å². The molecule has 0 N–H and O–H groups in total. The zero-order valence-electron chi connectivity index (χ0n) is 14.0. The average Bonchev–Trinajstić information content (AvgIpc) is 2.80. The summed E-state index contributed by atoms with van der Waals surface area (Å²) >= 11 is 12.1. The number of halogens is 2. The fraction of sp³-hybridized carbons (Fsp3) is 0.222. The van der Waals surface area contributed by atoms with E-state index in [0.717, 1.165) is 24.0 Å². The second kappa shape index (κ2) is 6.70. The van der Waals surface area contributed by atoms with Crippen molar-refractivity contribution in [2.75, 3.05) is 29.9 Å². The molecule has 0 spiro atoms. The molecule has 0 saturated heterocycles. The van der Waals surface area contributed by atoms with Crippen LogP contribution in [0.2, 0.25) is 10.2 Å². The van der Waals surface area contributed by atoms with E-state index in [1.54, 1.807) is 17.0 Å². The molecule has 0 atom stereocenters. The lowest BCUT2D eigenvalue weighted by atomic mass is 10.2. The number of rotatable bonds is 1. The predicted octanol–water partition coefficient (Wildman–Crippen LogP) is 3.82. The molecule has 8 heteroatoms. The van der Waals surface area contributed by atoms with E-state index in [1.165, 1.54) is 0 Å². The van der Waals surface area contributed by atoms with Crippen LogP contribution in [0, 0.1) is 0 Å². The highest BCUT2D eigenvalue weighted by atomic mass is 35.5. The number of hydrogen-bond donors (Lipinski definition) is 0. The third-order valence-electron chi connectivity index (χ3n) is 4.29. The predicted molar refractivity (Wildman–Crippen MR) is 103 cm³/mol. The zero-order chi connectivity index (χ0) is 18.3. The van der Waals surface area contributed by atoms with Crippen LogP contribution in [-0.4, -0.2) is 41.0 Å². The van der Waals surface area contributed by atoms with Crippen LogP contribution in [-0.2, 0) is 0 Å². The Hall–Kier alpha value is -2.44. The second-order valence-electron chi connectivity index (χ2n) is 6.06. The summed E-state index contributed by atoms with van der Waals surface area (Å²) in [6, 6.07) is 10.7. The highest BCUT2D eigenvalue weighted by Gasteiger charge is 2.29. The first kappa shape index (κ1) is 17.0. The molecule has 3 aromatic rings. The van der Waals surface area contributed by atoms with Gasteiger partial charge in [0.2, 0.25) is 0 Å². The van der Waals surface area contributed by atoms with Crippen molar-refractivity contribution in [1.82, 2.24) is 15.0 Å². The van der Waals surface area contributed by atoms with Crippen molar-refractivity contribution < 1.29 is 4.79 Å². The van der Waals surface area contributed by atoms with Crippen LogP contribution in [0.1, 0.15) is 16.9 Å². The van der Waals surface area contributed by atoms with Gasteiger partial charge in [-0.3, -0.25) is 9.69 Å². The van der Waals surface area contributed by atoms with E-state index in [2.05, 4.69) is 4.98 Å². The number of aromatic nitrogens is 3. The van der Waals surface area contributed by atoms with E-state index in [4.69, 9.17) is 33.2 Å². The molecule has 4 rings (SSSR count). The Bertz CT molecular complexity index is 1010. The largest absolute Gasteiger partial charge is 0.357 e. The van der Waals surface area contributed by atoms with Crippen LogP contribution in [0.4, 0.5) is 11.6 Å². The van der Waals surface area contributed by atoms with Gasteiger partial charge in [0, 0.05) is 20.1 Å². The number of pyridine rings is 1. The number of hydrogen-bond acceptors (Lipinski definition) is 5. The third kappa shape index (κ3) is 2.95. The molecule has 6 nitrogen and oxygen atoms in total. The van der Waals surface area contributed by atoms with Gasteiger partial charge in [0.05, 0.1) is 16.1 Å². The summed E-state index contributed by atoms with van der Waals surface area (Å²) in [5.74, 6) is 0.831. The Morgan fingerprint density at radius 1 is 0.962 bits per heavy atom. The lowest BCUT2D eigenvalue weighted by Crippen LogP contribution is -2.33. The quantitative estimate of drug-likeness (QED) is 0.593. The van der Waals surface area contributed by atoms with E-state index in [1.807, 2.05) is 36.2 Å². The molecule has 0 aliphatic carbocycles. The van der Waals surface area contributed by atoms with Crippen LogP contribution in [0.25, 0.3) is 11.0 Å². The van der Waals surface area contributed by atoms with Crippen molar-refractivity contribution in [3.05, 3.63) is 52.3 Å². The maximum absolute atomic E-state index is 13.2. The number of carbonyl (C=O) groups is 1. The van der Waals surface area contributed by atoms with Gasteiger partial charge in [-0.2, -0.15) is 0 Å². The van der Waals surface area contributed by atoms with E-state index in [0.29, 0.717) is 18.2 Å². The van der Waals surface area contributed by atoms with E-state index in [-0.39, 0.29) is 21.8 Å². The molecule has 1 amide bonds. The summed E-state index contributed by atoms with van der Waals surface area (Å²) in [4.78, 5) is 30.3. The van der Waals surface area contributed by atoms with Crippen LogP contribution in [0.15, 0.2) is 36.4 Å². The fourth-order valence-electron chi connectivity index (χ4n) is 2.99. The number of amides is 1. The van der Waals surface area contributed by atoms with Gasteiger partial charge in [0.15, 0.2) is 11.6 Å². The minimum atomic E-state index is -0.335. The normalized spacial score (nSPS) is 14.3. The standard InChI is InChI=1S/C18H15Cl2N5O/c1-24-9-4-10-25(18(26)15-11(19)7-8-14(20)23-15)17-16(24)21-12-5-2-3-6-13(12)22-17/h2-3,5-8H,4,9-10H2,1H3. The van der Waals surface area contributed by atoms with Gasteiger partial charge in [0.1, 0.15) is 10.8 Å². The van der Waals surface area contributed by atoms with Gasteiger partial charge in [-0.25, -0.2) is 15.0 Å². The first-order valence-electron chi connectivity index (χ1n) is 8.16. The van der Waals surface area contributed by atoms with Crippen molar-refractivity contribution in [3.8, 4) is 0 Å². The maximum atomic E-state index is 13.2. The van der Waals surface area contributed by atoms with Crippen LogP contribution < -0.4 is 9.80 Å². The lowest BCUT2D eigenvalue weighted by Gasteiger charge is -2.22. The smallest absolute Gasteiger partial charge is 0.279 e. The van der Waals surface area contributed by atoms with E-state index in [9.17, 15) is 4.79 Å². The molecule has 0 saturated carbocycles. The molecular weight excluding hydrogens is 373 g/mol. The van der Waals surface area contributed by atoms with Gasteiger partial charge < -0.3 is 4.90 Å². The summed E-state index contributed by atoms with van der Waals surface area (Å²) in [5, 5.41) is 0.474. The van der Waals surface area contributed by atoms with Gasteiger partial charge >= 0.3 is 0 Å². The lowest BCUT2D eigenvalue weighted by molar-refractivity contribution is 0.0982. The van der Waals surface area contributed by atoms with Crippen LogP contribution in [0.5, 0.6) is 0 Å². The average molecular weight is 388 g/mol. The van der Waals surface area contributed by atoms with Crippen molar-refractivity contribution in [2.45, 2.75) is 6.42 Å².